The molecule has 0 spiro atoms. The van der Waals surface area contributed by atoms with E-state index in [1.807, 2.05) is 0 Å². The van der Waals surface area contributed by atoms with Crippen LogP contribution in [-0.2, 0) is 9.47 Å². The lowest BCUT2D eigenvalue weighted by atomic mass is 10.1. The zero-order chi connectivity index (χ0) is 11.3. The van der Waals surface area contributed by atoms with Crippen molar-refractivity contribution in [3.63, 3.8) is 0 Å². The normalized spacial score (nSPS) is 11.6. The minimum Gasteiger partial charge on any atom is -0.438 e. The first-order valence-corrected chi connectivity index (χ1v) is 4.67. The van der Waals surface area contributed by atoms with Crippen LogP contribution in [0.3, 0.4) is 0 Å². The Labute approximate surface area is 93.3 Å². The number of carbonyl (C=O) groups excluding carboxylic acids is 1. The highest BCUT2D eigenvalue weighted by Gasteiger charge is 2.13. The van der Waals surface area contributed by atoms with E-state index in [2.05, 4.69) is 11.3 Å². The number of rotatable bonds is 3. The third-order valence-corrected chi connectivity index (χ3v) is 2.02. The molecule has 1 atom stereocenters. The summed E-state index contributed by atoms with van der Waals surface area (Å²) in [7, 11) is 1.25. The van der Waals surface area contributed by atoms with Gasteiger partial charge in [0, 0.05) is 5.02 Å². The van der Waals surface area contributed by atoms with E-state index in [4.69, 9.17) is 16.3 Å². The second-order valence-electron chi connectivity index (χ2n) is 2.78. The average molecular weight is 227 g/mol. The zero-order valence-electron chi connectivity index (χ0n) is 8.27. The van der Waals surface area contributed by atoms with Crippen molar-refractivity contribution in [3.8, 4) is 0 Å². The standard InChI is InChI=1S/C11H11ClO3/c1-3-10(15-11(13)14-2)8-5-4-6-9(12)7-8/h3-7,10H,1H2,2H3. The van der Waals surface area contributed by atoms with Crippen molar-refractivity contribution >= 4 is 17.8 Å². The monoisotopic (exact) mass is 226 g/mol. The van der Waals surface area contributed by atoms with E-state index < -0.39 is 12.3 Å². The maximum Gasteiger partial charge on any atom is 0.508 e. The molecule has 0 heterocycles. The smallest absolute Gasteiger partial charge is 0.438 e. The summed E-state index contributed by atoms with van der Waals surface area (Å²) in [4.78, 5) is 10.9. The van der Waals surface area contributed by atoms with E-state index >= 15 is 0 Å². The van der Waals surface area contributed by atoms with Gasteiger partial charge in [-0.15, -0.1) is 0 Å². The maximum absolute atomic E-state index is 10.9. The number of hydrogen-bond acceptors (Lipinski definition) is 3. The molecule has 1 aromatic rings. The van der Waals surface area contributed by atoms with Crippen LogP contribution in [0, 0.1) is 0 Å². The van der Waals surface area contributed by atoms with Crippen LogP contribution in [0.25, 0.3) is 0 Å². The number of ether oxygens (including phenoxy) is 2. The van der Waals surface area contributed by atoms with Gasteiger partial charge in [0.25, 0.3) is 0 Å². The molecule has 0 saturated heterocycles. The van der Waals surface area contributed by atoms with Gasteiger partial charge in [-0.1, -0.05) is 30.3 Å². The van der Waals surface area contributed by atoms with Crippen LogP contribution in [-0.4, -0.2) is 13.3 Å². The topological polar surface area (TPSA) is 35.5 Å². The Morgan fingerprint density at radius 3 is 2.87 bits per heavy atom. The molecular weight excluding hydrogens is 216 g/mol. The number of hydrogen-bond donors (Lipinski definition) is 0. The summed E-state index contributed by atoms with van der Waals surface area (Å²) in [5, 5.41) is 0.577. The molecule has 0 aliphatic heterocycles. The molecule has 0 N–H and O–H groups in total. The van der Waals surface area contributed by atoms with E-state index in [1.54, 1.807) is 24.3 Å². The highest BCUT2D eigenvalue weighted by Crippen LogP contribution is 2.22. The predicted molar refractivity (Wildman–Crippen MR) is 57.9 cm³/mol. The zero-order valence-corrected chi connectivity index (χ0v) is 9.03. The molecule has 1 unspecified atom stereocenters. The molecule has 4 heteroatoms. The largest absolute Gasteiger partial charge is 0.508 e. The van der Waals surface area contributed by atoms with Gasteiger partial charge in [0.05, 0.1) is 7.11 Å². The SMILES string of the molecule is C=CC(OC(=O)OC)c1cccc(Cl)c1. The number of benzene rings is 1. The minimum atomic E-state index is -0.750. The fourth-order valence-corrected chi connectivity index (χ4v) is 1.29. The number of carbonyl (C=O) groups is 1. The van der Waals surface area contributed by atoms with E-state index in [9.17, 15) is 4.79 Å². The lowest BCUT2D eigenvalue weighted by Crippen LogP contribution is -2.09. The summed E-state index contributed by atoms with van der Waals surface area (Å²) in [6.45, 7) is 3.58. The first kappa shape index (κ1) is 11.6. The van der Waals surface area contributed by atoms with Crippen molar-refractivity contribution in [2.24, 2.45) is 0 Å². The van der Waals surface area contributed by atoms with Crippen molar-refractivity contribution in [2.45, 2.75) is 6.10 Å². The Morgan fingerprint density at radius 1 is 1.60 bits per heavy atom. The van der Waals surface area contributed by atoms with Crippen LogP contribution >= 0.6 is 11.6 Å². The quantitative estimate of drug-likeness (QED) is 0.586. The van der Waals surface area contributed by atoms with E-state index in [1.165, 1.54) is 13.2 Å². The Balaban J connectivity index is 2.83. The molecule has 0 aliphatic rings. The van der Waals surface area contributed by atoms with Gasteiger partial charge in [-0.25, -0.2) is 4.79 Å². The van der Waals surface area contributed by atoms with Crippen LogP contribution in [0.1, 0.15) is 11.7 Å². The van der Waals surface area contributed by atoms with Gasteiger partial charge in [0.15, 0.2) is 0 Å². The van der Waals surface area contributed by atoms with Crippen LogP contribution < -0.4 is 0 Å². The fourth-order valence-electron chi connectivity index (χ4n) is 1.09. The van der Waals surface area contributed by atoms with Crippen molar-refractivity contribution < 1.29 is 14.3 Å². The van der Waals surface area contributed by atoms with E-state index in [0.717, 1.165) is 5.56 Å². The Hall–Kier alpha value is -1.48. The lowest BCUT2D eigenvalue weighted by molar-refractivity contribution is 0.0523. The molecule has 0 aromatic heterocycles. The lowest BCUT2D eigenvalue weighted by Gasteiger charge is -2.13. The number of halogens is 1. The number of methoxy groups -OCH3 is 1. The molecule has 0 radical (unpaired) electrons. The summed E-state index contributed by atoms with van der Waals surface area (Å²) < 4.78 is 9.34. The highest BCUT2D eigenvalue weighted by atomic mass is 35.5. The van der Waals surface area contributed by atoms with Crippen LogP contribution in [0.15, 0.2) is 36.9 Å². The fraction of sp³-hybridized carbons (Fsp3) is 0.182. The minimum absolute atomic E-state index is 0.545. The van der Waals surface area contributed by atoms with Crippen molar-refractivity contribution in [3.05, 3.63) is 47.5 Å². The molecule has 1 aromatic carbocycles. The Bertz CT molecular complexity index is 363. The summed E-state index contributed by atoms with van der Waals surface area (Å²) in [5.41, 5.74) is 0.753. The third kappa shape index (κ3) is 3.29. The van der Waals surface area contributed by atoms with E-state index in [0.29, 0.717) is 5.02 Å². The molecule has 1 rings (SSSR count). The van der Waals surface area contributed by atoms with Crippen LogP contribution in [0.4, 0.5) is 4.79 Å². The van der Waals surface area contributed by atoms with Gasteiger partial charge in [-0.2, -0.15) is 0 Å². The first-order valence-electron chi connectivity index (χ1n) is 4.30. The molecule has 3 nitrogen and oxygen atoms in total. The summed E-state index contributed by atoms with van der Waals surface area (Å²) in [5.74, 6) is 0. The van der Waals surface area contributed by atoms with Crippen LogP contribution in [0.2, 0.25) is 5.02 Å². The Kier molecular flexibility index (Phi) is 4.18. The second-order valence-corrected chi connectivity index (χ2v) is 3.22. The van der Waals surface area contributed by atoms with Gasteiger partial charge in [0.2, 0.25) is 0 Å². The van der Waals surface area contributed by atoms with Gasteiger partial charge in [-0.3, -0.25) is 0 Å². The van der Waals surface area contributed by atoms with E-state index in [-0.39, 0.29) is 0 Å². The highest BCUT2D eigenvalue weighted by molar-refractivity contribution is 6.30. The molecule has 0 aliphatic carbocycles. The molecule has 0 amide bonds. The van der Waals surface area contributed by atoms with Crippen LogP contribution in [0.5, 0.6) is 0 Å². The van der Waals surface area contributed by atoms with Gasteiger partial charge >= 0.3 is 6.16 Å². The first-order chi connectivity index (χ1) is 7.17. The molecular formula is C11H11ClO3. The van der Waals surface area contributed by atoms with Crippen molar-refractivity contribution in [1.29, 1.82) is 0 Å². The summed E-state index contributed by atoms with van der Waals surface area (Å²) in [6.07, 6.45) is 0.207. The maximum atomic E-state index is 10.9. The summed E-state index contributed by atoms with van der Waals surface area (Å²) >= 11 is 5.81. The second kappa shape index (κ2) is 5.41. The molecule has 0 bridgehead atoms. The van der Waals surface area contributed by atoms with Crippen molar-refractivity contribution in [2.75, 3.05) is 7.11 Å². The van der Waals surface area contributed by atoms with Gasteiger partial charge < -0.3 is 9.47 Å². The third-order valence-electron chi connectivity index (χ3n) is 1.78. The predicted octanol–water partition coefficient (Wildman–Crippen LogP) is 3.35. The molecule has 15 heavy (non-hydrogen) atoms. The summed E-state index contributed by atoms with van der Waals surface area (Å²) in [6, 6.07) is 7.01. The van der Waals surface area contributed by atoms with Gasteiger partial charge in [-0.05, 0) is 23.8 Å². The van der Waals surface area contributed by atoms with Crippen molar-refractivity contribution in [1.82, 2.24) is 0 Å². The molecule has 0 fully saturated rings. The Morgan fingerprint density at radius 2 is 2.33 bits per heavy atom. The average Bonchev–Trinajstić information content (AvgIpc) is 2.25. The van der Waals surface area contributed by atoms with Gasteiger partial charge in [0.1, 0.15) is 6.10 Å². The molecule has 0 saturated carbocycles. The molecule has 80 valence electrons.